The number of halogens is 1. The fourth-order valence-electron chi connectivity index (χ4n) is 2.31. The minimum Gasteiger partial charge on any atom is -0.377 e. The molecule has 2 rings (SSSR count). The Bertz CT molecular complexity index is 750. The zero-order chi connectivity index (χ0) is 19.3. The molecular formula is C21H26FN3OS. The predicted molar refractivity (Wildman–Crippen MR) is 113 cm³/mol. The van der Waals surface area contributed by atoms with Crippen LogP contribution in [0.5, 0.6) is 0 Å². The van der Waals surface area contributed by atoms with Crippen molar-refractivity contribution in [1.82, 2.24) is 0 Å². The molecule has 27 heavy (non-hydrogen) atoms. The monoisotopic (exact) mass is 387 g/mol. The molecule has 6 heteroatoms. The Morgan fingerprint density at radius 1 is 1.19 bits per heavy atom. The number of unbranched alkanes of at least 4 members (excludes halogenated alkanes) is 2. The summed E-state index contributed by atoms with van der Waals surface area (Å²) >= 11 is 1.41. The van der Waals surface area contributed by atoms with Crippen molar-refractivity contribution in [3.05, 3.63) is 71.0 Å². The number of hydrogen-bond acceptors (Lipinski definition) is 4. The van der Waals surface area contributed by atoms with E-state index in [1.165, 1.54) is 29.6 Å². The molecule has 2 N–H and O–H groups in total. The molecule has 0 aromatic heterocycles. The van der Waals surface area contributed by atoms with E-state index in [2.05, 4.69) is 17.1 Å². The number of benzene rings is 2. The second kappa shape index (κ2) is 12.3. The van der Waals surface area contributed by atoms with Crippen LogP contribution in [-0.2, 0) is 17.1 Å². The van der Waals surface area contributed by atoms with Gasteiger partial charge in [0, 0.05) is 17.9 Å². The number of nitrogens with two attached hydrogens (primary N) is 1. The summed E-state index contributed by atoms with van der Waals surface area (Å²) in [6.07, 6.45) is 4.77. The van der Waals surface area contributed by atoms with E-state index in [9.17, 15) is 4.39 Å². The molecular weight excluding hydrogens is 361 g/mol. The molecule has 0 amide bonds. The van der Waals surface area contributed by atoms with Crippen molar-refractivity contribution in [2.24, 2.45) is 15.9 Å². The van der Waals surface area contributed by atoms with Gasteiger partial charge in [-0.05, 0) is 23.6 Å². The lowest BCUT2D eigenvalue weighted by Gasteiger charge is -2.05. The van der Waals surface area contributed by atoms with Crippen molar-refractivity contribution in [2.75, 3.05) is 6.61 Å². The van der Waals surface area contributed by atoms with Gasteiger partial charge in [-0.15, -0.1) is 5.10 Å². The van der Waals surface area contributed by atoms with Crippen LogP contribution in [0.1, 0.15) is 42.9 Å². The Kier molecular flexibility index (Phi) is 9.58. The molecule has 0 aliphatic rings. The molecule has 0 saturated carbocycles. The Balaban J connectivity index is 1.80. The minimum absolute atomic E-state index is 0.286. The highest BCUT2D eigenvalue weighted by Gasteiger charge is 2.03. The summed E-state index contributed by atoms with van der Waals surface area (Å²) in [6, 6.07) is 14.9. The highest BCUT2D eigenvalue weighted by Crippen LogP contribution is 2.13. The van der Waals surface area contributed by atoms with E-state index in [1.54, 1.807) is 12.1 Å². The Morgan fingerprint density at radius 3 is 2.74 bits per heavy atom. The Morgan fingerprint density at radius 2 is 2.00 bits per heavy atom. The van der Waals surface area contributed by atoms with Gasteiger partial charge in [0.05, 0.1) is 12.8 Å². The van der Waals surface area contributed by atoms with Crippen LogP contribution in [0.4, 0.5) is 4.39 Å². The minimum atomic E-state index is -0.301. The Hall–Kier alpha value is -2.18. The maximum absolute atomic E-state index is 14.1. The van der Waals surface area contributed by atoms with E-state index in [4.69, 9.17) is 10.5 Å². The van der Waals surface area contributed by atoms with Gasteiger partial charge in [0.1, 0.15) is 5.82 Å². The third kappa shape index (κ3) is 8.37. The summed E-state index contributed by atoms with van der Waals surface area (Å²) in [4.78, 5) is 0. The standard InChI is InChI=1S/C21H26FN3OS/c1-2-3-7-12-26-15-19-11-10-18(13-20(19)22)14-24-25-21(23)27-16-17-8-5-4-6-9-17/h4-6,8-11,13-14H,2-3,7,12,15-16H2,1H3,(H2,23,25). The second-order valence-electron chi connectivity index (χ2n) is 6.07. The van der Waals surface area contributed by atoms with Gasteiger partial charge < -0.3 is 10.5 Å². The van der Waals surface area contributed by atoms with Gasteiger partial charge in [-0.1, -0.05) is 74.0 Å². The molecule has 0 heterocycles. The van der Waals surface area contributed by atoms with Crippen molar-refractivity contribution in [1.29, 1.82) is 0 Å². The zero-order valence-electron chi connectivity index (χ0n) is 15.6. The Labute approximate surface area is 164 Å². The van der Waals surface area contributed by atoms with Crippen LogP contribution in [0.2, 0.25) is 0 Å². The predicted octanol–water partition coefficient (Wildman–Crippen LogP) is 5.11. The molecule has 2 aromatic rings. The van der Waals surface area contributed by atoms with Crippen molar-refractivity contribution in [3.63, 3.8) is 0 Å². The SMILES string of the molecule is CCCCCOCc1ccc(C=NN=C(N)SCc2ccccc2)cc1F. The van der Waals surface area contributed by atoms with Crippen molar-refractivity contribution >= 4 is 23.1 Å². The molecule has 0 bridgehead atoms. The van der Waals surface area contributed by atoms with Crippen LogP contribution in [0.3, 0.4) is 0 Å². The summed E-state index contributed by atoms with van der Waals surface area (Å²) in [5, 5.41) is 8.25. The molecule has 4 nitrogen and oxygen atoms in total. The van der Waals surface area contributed by atoms with Gasteiger partial charge in [0.25, 0.3) is 0 Å². The fourth-order valence-corrected chi connectivity index (χ4v) is 2.92. The van der Waals surface area contributed by atoms with E-state index < -0.39 is 0 Å². The number of rotatable bonds is 10. The van der Waals surface area contributed by atoms with Crippen LogP contribution in [0.15, 0.2) is 58.7 Å². The quantitative estimate of drug-likeness (QED) is 0.267. The van der Waals surface area contributed by atoms with E-state index in [0.717, 1.165) is 25.0 Å². The van der Waals surface area contributed by atoms with Crippen molar-refractivity contribution in [2.45, 2.75) is 38.5 Å². The van der Waals surface area contributed by atoms with E-state index in [0.29, 0.717) is 22.9 Å². The highest BCUT2D eigenvalue weighted by atomic mass is 32.2. The number of nitrogens with zero attached hydrogens (tertiary/aromatic N) is 2. The maximum Gasteiger partial charge on any atom is 0.180 e. The zero-order valence-corrected chi connectivity index (χ0v) is 16.4. The number of amidine groups is 1. The fraction of sp³-hybridized carbons (Fsp3) is 0.333. The molecule has 0 aliphatic heterocycles. The van der Waals surface area contributed by atoms with Gasteiger partial charge in [0.15, 0.2) is 5.17 Å². The van der Waals surface area contributed by atoms with Gasteiger partial charge in [-0.2, -0.15) is 5.10 Å². The molecule has 0 spiro atoms. The van der Waals surface area contributed by atoms with Crippen LogP contribution in [0, 0.1) is 5.82 Å². The topological polar surface area (TPSA) is 60.0 Å². The normalized spacial score (nSPS) is 12.0. The number of ether oxygens (including phenoxy) is 1. The molecule has 0 atom stereocenters. The van der Waals surface area contributed by atoms with Crippen LogP contribution < -0.4 is 5.73 Å². The molecule has 0 fully saturated rings. The van der Waals surface area contributed by atoms with Crippen LogP contribution in [0.25, 0.3) is 0 Å². The van der Waals surface area contributed by atoms with Gasteiger partial charge >= 0.3 is 0 Å². The average Bonchev–Trinajstić information content (AvgIpc) is 2.68. The van der Waals surface area contributed by atoms with Crippen molar-refractivity contribution < 1.29 is 9.13 Å². The summed E-state index contributed by atoms with van der Waals surface area (Å²) in [5.41, 5.74) is 8.18. The van der Waals surface area contributed by atoms with E-state index >= 15 is 0 Å². The highest BCUT2D eigenvalue weighted by molar-refractivity contribution is 8.13. The van der Waals surface area contributed by atoms with E-state index in [-0.39, 0.29) is 12.4 Å². The van der Waals surface area contributed by atoms with Crippen molar-refractivity contribution in [3.8, 4) is 0 Å². The summed E-state index contributed by atoms with van der Waals surface area (Å²) in [7, 11) is 0. The summed E-state index contributed by atoms with van der Waals surface area (Å²) in [5.74, 6) is 0.428. The molecule has 144 valence electrons. The van der Waals surface area contributed by atoms with Gasteiger partial charge in [-0.25, -0.2) is 4.39 Å². The lowest BCUT2D eigenvalue weighted by molar-refractivity contribution is 0.115. The average molecular weight is 388 g/mol. The largest absolute Gasteiger partial charge is 0.377 e. The lowest BCUT2D eigenvalue weighted by Crippen LogP contribution is -2.06. The number of thioether (sulfide) groups is 1. The smallest absolute Gasteiger partial charge is 0.180 e. The first-order valence-electron chi connectivity index (χ1n) is 9.08. The first-order chi connectivity index (χ1) is 13.2. The third-order valence-electron chi connectivity index (χ3n) is 3.82. The molecule has 0 radical (unpaired) electrons. The van der Waals surface area contributed by atoms with Gasteiger partial charge in [0.2, 0.25) is 0 Å². The van der Waals surface area contributed by atoms with Gasteiger partial charge in [-0.3, -0.25) is 0 Å². The van der Waals surface area contributed by atoms with E-state index in [1.807, 2.05) is 30.3 Å². The van der Waals surface area contributed by atoms with Crippen LogP contribution >= 0.6 is 11.8 Å². The first-order valence-corrected chi connectivity index (χ1v) is 10.1. The third-order valence-corrected chi connectivity index (χ3v) is 4.67. The molecule has 0 unspecified atom stereocenters. The maximum atomic E-state index is 14.1. The first kappa shape index (κ1) is 21.1. The van der Waals surface area contributed by atoms with Crippen LogP contribution in [-0.4, -0.2) is 18.0 Å². The molecule has 2 aromatic carbocycles. The summed E-state index contributed by atoms with van der Waals surface area (Å²) < 4.78 is 19.6. The molecule has 0 saturated heterocycles. The number of hydrogen-bond donors (Lipinski definition) is 1. The summed E-state index contributed by atoms with van der Waals surface area (Å²) in [6.45, 7) is 3.08. The lowest BCUT2D eigenvalue weighted by atomic mass is 10.1. The second-order valence-corrected chi connectivity index (χ2v) is 7.06. The molecule has 0 aliphatic carbocycles.